The van der Waals surface area contributed by atoms with Gasteiger partial charge in [-0.25, -0.2) is 0 Å². The van der Waals surface area contributed by atoms with Gasteiger partial charge in [-0.15, -0.1) is 0 Å². The molecule has 6 nitrogen and oxygen atoms in total. The predicted octanol–water partition coefficient (Wildman–Crippen LogP) is 1.21. The fraction of sp³-hybridized carbons (Fsp3) is 0.308. The monoisotopic (exact) mass is 296 g/mol. The Morgan fingerprint density at radius 2 is 2.10 bits per heavy atom. The number of nitrogens with one attached hydrogen (secondary N) is 1. The molecule has 2 N–H and O–H groups in total. The quantitative estimate of drug-likeness (QED) is 0.874. The van der Waals surface area contributed by atoms with Crippen LogP contribution in [0.5, 0.6) is 0 Å². The Bertz CT molecular complexity index is 561. The fourth-order valence-electron chi connectivity index (χ4n) is 2.02. The highest BCUT2D eigenvalue weighted by Gasteiger charge is 2.35. The van der Waals surface area contributed by atoms with Crippen molar-refractivity contribution in [2.45, 2.75) is 6.42 Å². The van der Waals surface area contributed by atoms with Gasteiger partial charge in [0.2, 0.25) is 11.8 Å². The minimum absolute atomic E-state index is 0.0596. The number of anilines is 1. The average molecular weight is 297 g/mol. The first kappa shape index (κ1) is 14.3. The molecule has 2 rings (SSSR count). The summed E-state index contributed by atoms with van der Waals surface area (Å²) in [4.78, 5) is 35.5. The normalized spacial score (nSPS) is 18.1. The van der Waals surface area contributed by atoms with E-state index in [2.05, 4.69) is 5.32 Å². The first-order valence-corrected chi connectivity index (χ1v) is 6.40. The maximum absolute atomic E-state index is 11.8. The van der Waals surface area contributed by atoms with Gasteiger partial charge >= 0.3 is 5.97 Å². The molecule has 1 aliphatic heterocycles. The minimum atomic E-state index is -1.02. The van der Waals surface area contributed by atoms with E-state index in [-0.39, 0.29) is 25.4 Å². The Kier molecular flexibility index (Phi) is 4.24. The molecule has 1 atom stereocenters. The third kappa shape index (κ3) is 3.27. The highest BCUT2D eigenvalue weighted by Crippen LogP contribution is 2.21. The maximum atomic E-state index is 11.8. The SMILES string of the molecule is O=C(CN1CC(C(=O)O)CC1=O)Nc1ccccc1Cl. The van der Waals surface area contributed by atoms with Crippen LogP contribution in [0.2, 0.25) is 5.02 Å². The van der Waals surface area contributed by atoms with Crippen LogP contribution >= 0.6 is 11.6 Å². The lowest BCUT2D eigenvalue weighted by molar-refractivity contribution is -0.141. The minimum Gasteiger partial charge on any atom is -0.481 e. The summed E-state index contributed by atoms with van der Waals surface area (Å²) >= 11 is 5.91. The van der Waals surface area contributed by atoms with Gasteiger partial charge in [-0.3, -0.25) is 14.4 Å². The summed E-state index contributed by atoms with van der Waals surface area (Å²) in [7, 11) is 0. The van der Waals surface area contributed by atoms with Crippen molar-refractivity contribution in [1.82, 2.24) is 4.90 Å². The summed E-state index contributed by atoms with van der Waals surface area (Å²) < 4.78 is 0. The Morgan fingerprint density at radius 1 is 1.40 bits per heavy atom. The molecule has 0 bridgehead atoms. The topological polar surface area (TPSA) is 86.7 Å². The number of carboxylic acids is 1. The molecule has 2 amide bonds. The van der Waals surface area contributed by atoms with Crippen molar-refractivity contribution in [3.05, 3.63) is 29.3 Å². The number of carboxylic acid groups (broad SMARTS) is 1. The van der Waals surface area contributed by atoms with E-state index in [4.69, 9.17) is 16.7 Å². The van der Waals surface area contributed by atoms with Gasteiger partial charge in [-0.2, -0.15) is 0 Å². The van der Waals surface area contributed by atoms with Crippen LogP contribution in [-0.2, 0) is 14.4 Å². The second-order valence-electron chi connectivity index (χ2n) is 4.54. The number of carbonyl (C=O) groups excluding carboxylic acids is 2. The summed E-state index contributed by atoms with van der Waals surface area (Å²) in [6, 6.07) is 6.74. The van der Waals surface area contributed by atoms with Crippen LogP contribution in [0.4, 0.5) is 5.69 Å². The highest BCUT2D eigenvalue weighted by atomic mass is 35.5. The van der Waals surface area contributed by atoms with Crippen LogP contribution in [0.1, 0.15) is 6.42 Å². The van der Waals surface area contributed by atoms with E-state index in [9.17, 15) is 14.4 Å². The average Bonchev–Trinajstić information content (AvgIpc) is 2.74. The number of amides is 2. The number of hydrogen-bond acceptors (Lipinski definition) is 3. The largest absolute Gasteiger partial charge is 0.481 e. The molecule has 7 heteroatoms. The van der Waals surface area contributed by atoms with Crippen molar-refractivity contribution in [3.8, 4) is 0 Å². The molecule has 0 aliphatic carbocycles. The van der Waals surface area contributed by atoms with Gasteiger partial charge in [0.1, 0.15) is 0 Å². The number of hydrogen-bond donors (Lipinski definition) is 2. The predicted molar refractivity (Wildman–Crippen MR) is 72.4 cm³/mol. The molecular formula is C13H13ClN2O4. The van der Waals surface area contributed by atoms with Crippen molar-refractivity contribution < 1.29 is 19.5 Å². The van der Waals surface area contributed by atoms with E-state index in [1.165, 1.54) is 4.90 Å². The molecule has 106 valence electrons. The van der Waals surface area contributed by atoms with Crippen molar-refractivity contribution in [3.63, 3.8) is 0 Å². The van der Waals surface area contributed by atoms with Crippen LogP contribution in [0, 0.1) is 5.92 Å². The summed E-state index contributed by atoms with van der Waals surface area (Å²) in [6.45, 7) is -0.113. The number of likely N-dealkylation sites (tertiary alicyclic amines) is 1. The van der Waals surface area contributed by atoms with E-state index in [0.29, 0.717) is 10.7 Å². The van der Waals surface area contributed by atoms with Crippen LogP contribution in [-0.4, -0.2) is 40.9 Å². The number of nitrogens with zero attached hydrogens (tertiary/aromatic N) is 1. The lowest BCUT2D eigenvalue weighted by Crippen LogP contribution is -2.34. The van der Waals surface area contributed by atoms with Crippen molar-refractivity contribution in [2.75, 3.05) is 18.4 Å². The molecule has 20 heavy (non-hydrogen) atoms. The number of halogens is 1. The molecule has 0 saturated carbocycles. The summed E-state index contributed by atoms with van der Waals surface area (Å²) in [6.07, 6.45) is -0.0608. The van der Waals surface area contributed by atoms with Gasteiger partial charge in [0.05, 0.1) is 23.2 Å². The zero-order valence-electron chi connectivity index (χ0n) is 10.5. The second kappa shape index (κ2) is 5.92. The standard InChI is InChI=1S/C13H13ClN2O4/c14-9-3-1-2-4-10(9)15-11(17)7-16-6-8(13(19)20)5-12(16)18/h1-4,8H,5-7H2,(H,15,17)(H,19,20). The molecule has 1 aromatic rings. The van der Waals surface area contributed by atoms with Crippen LogP contribution < -0.4 is 5.32 Å². The third-order valence-electron chi connectivity index (χ3n) is 3.05. The first-order chi connectivity index (χ1) is 9.47. The highest BCUT2D eigenvalue weighted by molar-refractivity contribution is 6.33. The Balaban J connectivity index is 1.94. The summed E-state index contributed by atoms with van der Waals surface area (Å²) in [5, 5.41) is 11.8. The molecule has 1 aromatic carbocycles. The van der Waals surface area contributed by atoms with Crippen LogP contribution in [0.15, 0.2) is 24.3 Å². The lowest BCUT2D eigenvalue weighted by atomic mass is 10.1. The van der Waals surface area contributed by atoms with Gasteiger partial charge in [0.15, 0.2) is 0 Å². The zero-order chi connectivity index (χ0) is 14.7. The number of carbonyl (C=O) groups is 3. The Morgan fingerprint density at radius 3 is 2.70 bits per heavy atom. The molecule has 1 saturated heterocycles. The van der Waals surface area contributed by atoms with E-state index in [0.717, 1.165) is 0 Å². The van der Waals surface area contributed by atoms with E-state index < -0.39 is 17.8 Å². The Hall–Kier alpha value is -2.08. The van der Waals surface area contributed by atoms with E-state index in [1.54, 1.807) is 24.3 Å². The van der Waals surface area contributed by atoms with E-state index in [1.807, 2.05) is 0 Å². The molecule has 1 heterocycles. The van der Waals surface area contributed by atoms with Gasteiger partial charge in [0.25, 0.3) is 0 Å². The lowest BCUT2D eigenvalue weighted by Gasteiger charge is -2.15. The summed E-state index contributed by atoms with van der Waals surface area (Å²) in [5.74, 6) is -2.49. The number of para-hydroxylation sites is 1. The van der Waals surface area contributed by atoms with E-state index >= 15 is 0 Å². The van der Waals surface area contributed by atoms with Crippen molar-refractivity contribution in [1.29, 1.82) is 0 Å². The second-order valence-corrected chi connectivity index (χ2v) is 4.95. The van der Waals surface area contributed by atoms with Gasteiger partial charge < -0.3 is 15.3 Å². The molecular weight excluding hydrogens is 284 g/mol. The van der Waals surface area contributed by atoms with Crippen LogP contribution in [0.3, 0.4) is 0 Å². The number of rotatable bonds is 4. The first-order valence-electron chi connectivity index (χ1n) is 6.02. The van der Waals surface area contributed by atoms with Crippen LogP contribution in [0.25, 0.3) is 0 Å². The zero-order valence-corrected chi connectivity index (χ0v) is 11.3. The number of aliphatic carboxylic acids is 1. The van der Waals surface area contributed by atoms with Crippen molar-refractivity contribution >= 4 is 35.1 Å². The molecule has 0 radical (unpaired) electrons. The molecule has 1 aliphatic rings. The molecule has 0 aromatic heterocycles. The van der Waals surface area contributed by atoms with Crippen molar-refractivity contribution in [2.24, 2.45) is 5.92 Å². The molecule has 1 unspecified atom stereocenters. The van der Waals surface area contributed by atoms with Gasteiger partial charge in [-0.1, -0.05) is 23.7 Å². The molecule has 0 spiro atoms. The van der Waals surface area contributed by atoms with Gasteiger partial charge in [-0.05, 0) is 12.1 Å². The Labute approximate surface area is 120 Å². The van der Waals surface area contributed by atoms with Gasteiger partial charge in [0, 0.05) is 13.0 Å². The fourth-order valence-corrected chi connectivity index (χ4v) is 2.20. The third-order valence-corrected chi connectivity index (χ3v) is 3.38. The summed E-state index contributed by atoms with van der Waals surface area (Å²) in [5.41, 5.74) is 0.459. The maximum Gasteiger partial charge on any atom is 0.308 e. The smallest absolute Gasteiger partial charge is 0.308 e. The number of benzene rings is 1. The molecule has 1 fully saturated rings.